The molecule has 0 aromatic rings. The topological polar surface area (TPSA) is 1470 Å². The first-order chi connectivity index (χ1) is 34.0. The van der Waals surface area contributed by atoms with Crippen molar-refractivity contribution in [3.8, 4) is 0 Å². The Kier molecular flexibility index (Phi) is 200. The number of phosphoric acid groups is 17. The molecule has 0 radical (unpaired) electrons. The zero-order valence-electron chi connectivity index (χ0n) is 40.8. The fraction of sp³-hybridized carbons (Fsp3) is 0. The summed E-state index contributed by atoms with van der Waals surface area (Å²) in [6, 6.07) is 0. The summed E-state index contributed by atoms with van der Waals surface area (Å²) in [4.78, 5) is 436. The van der Waals surface area contributed by atoms with Gasteiger partial charge in [-0.1, -0.05) is 0 Å². The van der Waals surface area contributed by atoms with Crippen LogP contribution in [0.2, 0.25) is 0 Å². The second-order valence-electron chi connectivity index (χ2n) is 7.60. The number of hydrogen-bond donors (Lipinski definition) is 0. The first kappa shape index (κ1) is 204. The van der Waals surface area contributed by atoms with Crippen molar-refractivity contribution in [3.05, 3.63) is 0 Å². The third-order valence-corrected chi connectivity index (χ3v) is 0. The van der Waals surface area contributed by atoms with Gasteiger partial charge in [0.1, 0.15) is 0 Å². The van der Waals surface area contributed by atoms with Gasteiger partial charge in [0.2, 0.25) is 0 Å². The predicted molar refractivity (Wildman–Crippen MR) is 135 cm³/mol. The van der Waals surface area contributed by atoms with E-state index in [-0.39, 0.29) is 270 Å². The van der Waals surface area contributed by atoms with E-state index in [1.807, 2.05) is 0 Å². The Balaban J connectivity index is -0.0000000178. The van der Waals surface area contributed by atoms with E-state index in [0.717, 1.165) is 0 Å². The van der Waals surface area contributed by atoms with E-state index in [0.29, 0.717) is 0 Å². The standard InChI is InChI=1S/Al.17H3O4P.12W/c;17*1-5(2,3)4;;;;;;;;;;;;/h;17*(H3,1,2,3,4);;;;;;;;;;;;/q+3;;;;;;;;;;;;;;;;;;;;;;;;;;;;;/p-51. The van der Waals surface area contributed by atoms with Crippen LogP contribution in [-0.2, 0) is 330 Å². The molecule has 98 heteroatoms. The van der Waals surface area contributed by atoms with E-state index in [4.69, 9.17) is 327 Å². The van der Waals surface area contributed by atoms with Gasteiger partial charge >= 0.3 is 17.4 Å². The molecule has 0 rings (SSSR count). The molecule has 0 aliphatic carbocycles. The summed E-state index contributed by atoms with van der Waals surface area (Å²) in [5.41, 5.74) is 0. The molecule has 0 aromatic heterocycles. The molecule has 0 amide bonds. The van der Waals surface area contributed by atoms with E-state index >= 15 is 0 Å². The molecular formula is AlO68P17W12-48. The van der Waals surface area contributed by atoms with Crippen molar-refractivity contribution in [2.75, 3.05) is 0 Å². The number of rotatable bonds is 0. The summed E-state index contributed by atoms with van der Waals surface area (Å²) in [7, 11) is -91.6. The quantitative estimate of drug-likeness (QED) is 0.160. The van der Waals surface area contributed by atoms with Crippen LogP contribution >= 0.6 is 133 Å². The van der Waals surface area contributed by atoms with Crippen molar-refractivity contribution >= 4 is 150 Å². The second-order valence-corrected chi connectivity index (χ2v) is 22.8. The minimum Gasteiger partial charge on any atom is -0.822 e. The van der Waals surface area contributed by atoms with E-state index in [1.165, 1.54) is 0 Å². The summed E-state index contributed by atoms with van der Waals surface area (Å²) in [6.07, 6.45) is 0. The molecular weight excluding hydrogens is 3850 g/mol. The van der Waals surface area contributed by atoms with Crippen LogP contribution in [-0.4, -0.2) is 17.4 Å². The van der Waals surface area contributed by atoms with Gasteiger partial charge in [0.25, 0.3) is 0 Å². The fourth-order valence-corrected chi connectivity index (χ4v) is 0. The molecule has 0 aromatic carbocycles. The van der Waals surface area contributed by atoms with Crippen molar-refractivity contribution in [2.24, 2.45) is 0 Å². The molecule has 0 unspecified atom stereocenters. The molecule has 0 bridgehead atoms. The summed E-state index contributed by atoms with van der Waals surface area (Å²) in [5, 5.41) is 0. The maximum absolute atomic E-state index is 8.55. The monoisotopic (exact) mass is 3850 g/mol. The van der Waals surface area contributed by atoms with Crippen molar-refractivity contribution in [1.82, 2.24) is 0 Å². The van der Waals surface area contributed by atoms with Gasteiger partial charge < -0.3 is 327 Å². The van der Waals surface area contributed by atoms with Crippen LogP contribution in [0.4, 0.5) is 0 Å². The summed E-state index contributed by atoms with van der Waals surface area (Å²) >= 11 is 0. The zero-order valence-corrected chi connectivity index (χ0v) is 92.4. The van der Waals surface area contributed by atoms with Crippen molar-refractivity contribution < 1.29 is 580 Å². The second kappa shape index (κ2) is 96.5. The molecule has 0 atom stereocenters. The minimum atomic E-state index is -5.39. The molecule has 0 spiro atoms. The van der Waals surface area contributed by atoms with Crippen LogP contribution in [0.25, 0.3) is 0 Å². The Labute approximate surface area is 721 Å². The minimum absolute atomic E-state index is 0. The first-order valence-corrected chi connectivity index (χ1v) is 37.2. The Morgan fingerprint density at radius 2 is 0.0816 bits per heavy atom. The summed E-state index contributed by atoms with van der Waals surface area (Å²) in [5.74, 6) is 0. The SMILES string of the molecule is O=P([O-])([O-])[O-].O=P([O-])([O-])[O-].O=P([O-])([O-])[O-].O=P([O-])([O-])[O-].O=P([O-])([O-])[O-].O=P([O-])([O-])[O-].O=P([O-])([O-])[O-].O=P([O-])([O-])[O-].O=P([O-])([O-])[O-].O=P([O-])([O-])[O-].O=P([O-])([O-])[O-].O=P([O-])([O-])[O-].O=P([O-])([O-])[O-].O=P([O-])([O-])[O-].O=P([O-])([O-])[O-].O=P([O-])([O-])[O-].O=P([O-])([O-])[O-].[Al+3].[W].[W].[W].[W].[W].[W].[W].[W].[W].[W].[W].[W]. The van der Waals surface area contributed by atoms with Gasteiger partial charge in [0.15, 0.2) is 0 Å². The third-order valence-electron chi connectivity index (χ3n) is 0. The summed E-state index contributed by atoms with van der Waals surface area (Å²) < 4.78 is 145. The van der Waals surface area contributed by atoms with Crippen LogP contribution in [0.5, 0.6) is 0 Å². The molecule has 0 heterocycles. The molecule has 0 N–H and O–H groups in total. The first-order valence-electron chi connectivity index (χ1n) is 12.4. The summed E-state index contributed by atoms with van der Waals surface area (Å²) in [6.45, 7) is 0. The molecule has 0 aliphatic rings. The molecule has 0 fully saturated rings. The van der Waals surface area contributed by atoms with Crippen LogP contribution in [0.15, 0.2) is 0 Å². The van der Waals surface area contributed by atoms with Gasteiger partial charge in [0, 0.05) is 253 Å². The maximum atomic E-state index is 8.55. The molecule has 0 saturated heterocycles. The number of hydrogen-bond acceptors (Lipinski definition) is 68. The Bertz CT molecular complexity index is 1600. The normalized spacial score (nSPS) is 10.2. The smallest absolute Gasteiger partial charge is 0.822 e. The van der Waals surface area contributed by atoms with Gasteiger partial charge in [0.05, 0.1) is 0 Å². The fourth-order valence-electron chi connectivity index (χ4n) is 0. The Morgan fingerprint density at radius 3 is 0.0816 bits per heavy atom. The van der Waals surface area contributed by atoms with Gasteiger partial charge in [-0.25, -0.2) is 0 Å². The van der Waals surface area contributed by atoms with Crippen LogP contribution in [0, 0.1) is 0 Å². The van der Waals surface area contributed by atoms with Gasteiger partial charge in [-0.15, -0.1) is 0 Å². The Hall–Kier alpha value is 10.7. The van der Waals surface area contributed by atoms with Crippen molar-refractivity contribution in [3.63, 3.8) is 0 Å². The van der Waals surface area contributed by atoms with Gasteiger partial charge in [-0.2, -0.15) is 133 Å². The van der Waals surface area contributed by atoms with Crippen molar-refractivity contribution in [2.45, 2.75) is 0 Å². The van der Waals surface area contributed by atoms with E-state index in [9.17, 15) is 0 Å². The van der Waals surface area contributed by atoms with Gasteiger partial charge in [-0.05, 0) is 0 Å². The largest absolute Gasteiger partial charge is 3.00 e. The van der Waals surface area contributed by atoms with Crippen LogP contribution in [0.3, 0.4) is 0 Å². The van der Waals surface area contributed by atoms with Gasteiger partial charge in [-0.3, -0.25) is 0 Å². The molecule has 616 valence electrons. The average Bonchev–Trinajstić information content (AvgIpc) is 2.75. The van der Waals surface area contributed by atoms with E-state index < -0.39 is 133 Å². The third kappa shape index (κ3) is 10500. The molecule has 0 aliphatic heterocycles. The molecule has 0 saturated carbocycles. The van der Waals surface area contributed by atoms with Crippen molar-refractivity contribution in [1.29, 1.82) is 0 Å². The Morgan fingerprint density at radius 1 is 0.0816 bits per heavy atom. The molecule has 68 nitrogen and oxygen atoms in total. The van der Waals surface area contributed by atoms with Crippen LogP contribution < -0.4 is 250 Å². The average molecular weight is 3850 g/mol. The molecule has 98 heavy (non-hydrogen) atoms. The maximum Gasteiger partial charge on any atom is 3.00 e. The van der Waals surface area contributed by atoms with E-state index in [1.54, 1.807) is 0 Å². The predicted octanol–water partition coefficient (Wildman–Crippen LogP) is -48.4. The zero-order chi connectivity index (χ0) is 76.5. The van der Waals surface area contributed by atoms with E-state index in [2.05, 4.69) is 0 Å². The van der Waals surface area contributed by atoms with Crippen LogP contribution in [0.1, 0.15) is 0 Å².